The SMILES string of the molecule is C=C(/C(F)=C\C(=C/CF)C1CCOCC1)c1ccc2cnc(Nc3cnccc3[C@H]3C[C@@H](N)[C@H](S(C)(=O)=O)[C@@H](C)C3)n2n1. The highest BCUT2D eigenvalue weighted by molar-refractivity contribution is 7.91. The lowest BCUT2D eigenvalue weighted by Gasteiger charge is -2.38. The van der Waals surface area contributed by atoms with Gasteiger partial charge in [-0.25, -0.2) is 22.2 Å². The third-order valence-electron chi connectivity index (χ3n) is 8.51. The fraction of sp³-hybridized carbons (Fsp3) is 0.452. The number of nitrogens with two attached hydrogens (primary N) is 1. The minimum absolute atomic E-state index is 0.0181. The normalized spacial score (nSPS) is 24.3. The van der Waals surface area contributed by atoms with Crippen molar-refractivity contribution in [2.24, 2.45) is 17.6 Å². The van der Waals surface area contributed by atoms with Crippen molar-refractivity contribution >= 4 is 32.6 Å². The molecule has 1 saturated carbocycles. The molecule has 3 N–H and O–H groups in total. The van der Waals surface area contributed by atoms with Crippen molar-refractivity contribution in [1.29, 1.82) is 0 Å². The molecule has 0 spiro atoms. The summed E-state index contributed by atoms with van der Waals surface area (Å²) < 4.78 is 60.3. The highest BCUT2D eigenvalue weighted by atomic mass is 32.2. The van der Waals surface area contributed by atoms with Gasteiger partial charge in [0.05, 0.1) is 34.5 Å². The van der Waals surface area contributed by atoms with Gasteiger partial charge in [-0.1, -0.05) is 19.6 Å². The highest BCUT2D eigenvalue weighted by Gasteiger charge is 2.40. The fourth-order valence-electron chi connectivity index (χ4n) is 6.49. The van der Waals surface area contributed by atoms with Crippen LogP contribution in [0.15, 0.2) is 66.9 Å². The molecule has 2 fully saturated rings. The summed E-state index contributed by atoms with van der Waals surface area (Å²) in [4.78, 5) is 8.77. The molecule has 5 rings (SSSR count). The number of sulfone groups is 1. The Morgan fingerprint density at radius 2 is 2.00 bits per heavy atom. The summed E-state index contributed by atoms with van der Waals surface area (Å²) in [6.07, 6.45) is 11.6. The first kappa shape index (κ1) is 31.0. The summed E-state index contributed by atoms with van der Waals surface area (Å²) in [5.41, 5.74) is 9.70. The van der Waals surface area contributed by atoms with E-state index < -0.39 is 33.6 Å². The van der Waals surface area contributed by atoms with E-state index in [1.807, 2.05) is 13.0 Å². The van der Waals surface area contributed by atoms with E-state index in [0.717, 1.165) is 5.56 Å². The second kappa shape index (κ2) is 13.0. The standard InChI is InChI=1S/C31H38F2N6O3S/c1-19-14-23(16-27(34)30(19)43(3,40)41)25-7-11-35-18-29(25)37-31-36-17-24-4-5-28(38-39(24)31)20(2)26(33)15-22(6-10-32)21-8-12-42-13-9-21/h4-7,11,15,17-19,21,23,27,30H,2,8-10,12-14,16,34H2,1,3H3,(H,36,37)/b22-6+,26-15+/t19-,23+,27+,30+/m0/s1. The van der Waals surface area contributed by atoms with Gasteiger partial charge in [0.25, 0.3) is 0 Å². The molecule has 1 aliphatic heterocycles. The van der Waals surface area contributed by atoms with Crippen molar-refractivity contribution in [1.82, 2.24) is 19.6 Å². The molecule has 0 aromatic carbocycles. The second-order valence-corrected chi connectivity index (χ2v) is 13.7. The van der Waals surface area contributed by atoms with E-state index in [-0.39, 0.29) is 23.3 Å². The molecule has 4 atom stereocenters. The predicted octanol–water partition coefficient (Wildman–Crippen LogP) is 5.31. The topological polar surface area (TPSA) is 124 Å². The minimum atomic E-state index is -3.28. The van der Waals surface area contributed by atoms with Gasteiger partial charge in [0.1, 0.15) is 12.5 Å². The molecule has 9 nitrogen and oxygen atoms in total. The molecular weight excluding hydrogens is 574 g/mol. The number of hydrogen-bond acceptors (Lipinski definition) is 8. The summed E-state index contributed by atoms with van der Waals surface area (Å²) in [5.74, 6) is -0.259. The van der Waals surface area contributed by atoms with Crippen molar-refractivity contribution < 1.29 is 21.9 Å². The largest absolute Gasteiger partial charge is 0.381 e. The molecule has 0 unspecified atom stereocenters. The lowest BCUT2D eigenvalue weighted by molar-refractivity contribution is 0.0764. The van der Waals surface area contributed by atoms with E-state index in [4.69, 9.17) is 10.5 Å². The van der Waals surface area contributed by atoms with Crippen LogP contribution in [0.3, 0.4) is 0 Å². The Bertz CT molecular complexity index is 1640. The average molecular weight is 613 g/mol. The van der Waals surface area contributed by atoms with Crippen LogP contribution in [0.4, 0.5) is 20.4 Å². The molecule has 2 aliphatic rings. The highest BCUT2D eigenvalue weighted by Crippen LogP contribution is 2.41. The van der Waals surface area contributed by atoms with Crippen LogP contribution in [0.2, 0.25) is 0 Å². The Balaban J connectivity index is 1.39. The maximum absolute atomic E-state index is 15.4. The van der Waals surface area contributed by atoms with Crippen LogP contribution in [0.5, 0.6) is 0 Å². The first-order chi connectivity index (χ1) is 20.6. The molecule has 1 aliphatic carbocycles. The molecule has 230 valence electrons. The maximum atomic E-state index is 15.4. The van der Waals surface area contributed by atoms with E-state index in [1.165, 1.54) is 18.4 Å². The molecule has 1 saturated heterocycles. The Morgan fingerprint density at radius 3 is 2.70 bits per heavy atom. The number of pyridine rings is 1. The third kappa shape index (κ3) is 6.86. The Hall–Kier alpha value is -3.48. The zero-order chi connectivity index (χ0) is 30.7. The number of nitrogens with one attached hydrogen (secondary N) is 1. The smallest absolute Gasteiger partial charge is 0.229 e. The van der Waals surface area contributed by atoms with Crippen LogP contribution >= 0.6 is 0 Å². The second-order valence-electron chi connectivity index (χ2n) is 11.5. The number of aromatic nitrogens is 4. The van der Waals surface area contributed by atoms with E-state index in [9.17, 15) is 12.8 Å². The number of rotatable bonds is 9. The van der Waals surface area contributed by atoms with Crippen LogP contribution in [0, 0.1) is 11.8 Å². The Kier molecular flexibility index (Phi) is 9.38. The number of imidazole rings is 1. The van der Waals surface area contributed by atoms with Gasteiger partial charge in [0.2, 0.25) is 5.95 Å². The third-order valence-corrected chi connectivity index (χ3v) is 10.3. The monoisotopic (exact) mass is 612 g/mol. The van der Waals surface area contributed by atoms with Crippen molar-refractivity contribution in [3.05, 3.63) is 78.2 Å². The van der Waals surface area contributed by atoms with Gasteiger partial charge in [-0.3, -0.25) is 4.98 Å². The number of nitrogens with zero attached hydrogens (tertiary/aromatic N) is 4. The molecule has 3 aromatic heterocycles. The van der Waals surface area contributed by atoms with Gasteiger partial charge in [-0.15, -0.1) is 0 Å². The van der Waals surface area contributed by atoms with Crippen molar-refractivity contribution in [2.45, 2.75) is 49.8 Å². The van der Waals surface area contributed by atoms with Crippen LogP contribution in [0.25, 0.3) is 11.1 Å². The quantitative estimate of drug-likeness (QED) is 0.312. The summed E-state index contributed by atoms with van der Waals surface area (Å²) in [7, 11) is -3.28. The van der Waals surface area contributed by atoms with Gasteiger partial charge in [-0.05, 0) is 78.8 Å². The summed E-state index contributed by atoms with van der Waals surface area (Å²) >= 11 is 0. The van der Waals surface area contributed by atoms with E-state index in [2.05, 4.69) is 27.0 Å². The number of anilines is 2. The molecular formula is C31H38F2N6O3S. The molecule has 0 amide bonds. The Labute approximate surface area is 250 Å². The number of halogens is 2. The predicted molar refractivity (Wildman–Crippen MR) is 164 cm³/mol. The lowest BCUT2D eigenvalue weighted by atomic mass is 9.76. The molecule has 0 bridgehead atoms. The average Bonchev–Trinajstić information content (AvgIpc) is 3.38. The number of ether oxygens (including phenoxy) is 1. The molecule has 3 aromatic rings. The minimum Gasteiger partial charge on any atom is -0.381 e. The van der Waals surface area contributed by atoms with Crippen LogP contribution < -0.4 is 11.1 Å². The van der Waals surface area contributed by atoms with Gasteiger partial charge < -0.3 is 15.8 Å². The van der Waals surface area contributed by atoms with E-state index in [1.54, 1.807) is 35.2 Å². The maximum Gasteiger partial charge on any atom is 0.229 e. The van der Waals surface area contributed by atoms with Crippen LogP contribution in [0.1, 0.15) is 49.8 Å². The zero-order valence-corrected chi connectivity index (χ0v) is 25.2. The summed E-state index contributed by atoms with van der Waals surface area (Å²) in [6.45, 7) is 6.30. The van der Waals surface area contributed by atoms with Gasteiger partial charge in [0.15, 0.2) is 9.84 Å². The molecule has 4 heterocycles. The van der Waals surface area contributed by atoms with E-state index in [0.29, 0.717) is 67.3 Å². The number of alkyl halides is 1. The molecule has 12 heteroatoms. The number of hydrogen-bond donors (Lipinski definition) is 2. The molecule has 43 heavy (non-hydrogen) atoms. The summed E-state index contributed by atoms with van der Waals surface area (Å²) in [6, 6.07) is 4.86. The van der Waals surface area contributed by atoms with Crippen LogP contribution in [-0.4, -0.2) is 65.4 Å². The number of allylic oxidation sites excluding steroid dienone is 5. The Morgan fingerprint density at radius 1 is 1.23 bits per heavy atom. The number of fused-ring (bicyclic) bond motifs is 1. The van der Waals surface area contributed by atoms with E-state index >= 15 is 4.39 Å². The first-order valence-corrected chi connectivity index (χ1v) is 16.4. The summed E-state index contributed by atoms with van der Waals surface area (Å²) in [5, 5.41) is 7.35. The molecule has 0 radical (unpaired) electrons. The lowest BCUT2D eigenvalue weighted by Crippen LogP contribution is -2.48. The van der Waals surface area contributed by atoms with Gasteiger partial charge >= 0.3 is 0 Å². The van der Waals surface area contributed by atoms with Crippen molar-refractivity contribution in [3.8, 4) is 0 Å². The van der Waals surface area contributed by atoms with Gasteiger partial charge in [-0.2, -0.15) is 9.61 Å². The van der Waals surface area contributed by atoms with Crippen LogP contribution in [-0.2, 0) is 14.6 Å². The van der Waals surface area contributed by atoms with Crippen molar-refractivity contribution in [2.75, 3.05) is 31.5 Å². The fourth-order valence-corrected chi connectivity index (χ4v) is 8.19. The van der Waals surface area contributed by atoms with Gasteiger partial charge in [0, 0.05) is 37.3 Å². The zero-order valence-electron chi connectivity index (χ0n) is 24.4. The van der Waals surface area contributed by atoms with Crippen molar-refractivity contribution in [3.63, 3.8) is 0 Å². The first-order valence-electron chi connectivity index (χ1n) is 14.5.